The van der Waals surface area contributed by atoms with Crippen LogP contribution < -0.4 is 0 Å². The maximum absolute atomic E-state index is 12.3. The standard InChI is InChI=1S/C13H16N2O4/c1-9-4-6-14(7-5-9)13(17)11-8-10(16)2-3-12(11)15(18)19/h2-3,8-9,16H,4-7H2,1H3. The lowest BCUT2D eigenvalue weighted by molar-refractivity contribution is -0.385. The molecule has 19 heavy (non-hydrogen) atoms. The number of nitrogens with zero attached hydrogens (tertiary/aromatic N) is 2. The monoisotopic (exact) mass is 264 g/mol. The maximum atomic E-state index is 12.3. The number of piperidine rings is 1. The number of nitro benzene ring substituents is 1. The molecule has 1 aromatic rings. The highest BCUT2D eigenvalue weighted by atomic mass is 16.6. The molecule has 1 heterocycles. The summed E-state index contributed by atoms with van der Waals surface area (Å²) in [5, 5.41) is 20.3. The second-order valence-electron chi connectivity index (χ2n) is 4.93. The minimum Gasteiger partial charge on any atom is -0.508 e. The lowest BCUT2D eigenvalue weighted by atomic mass is 9.98. The van der Waals surface area contributed by atoms with E-state index in [0.717, 1.165) is 18.9 Å². The van der Waals surface area contributed by atoms with Crippen LogP contribution in [-0.4, -0.2) is 33.9 Å². The zero-order valence-electron chi connectivity index (χ0n) is 10.7. The summed E-state index contributed by atoms with van der Waals surface area (Å²) in [5.41, 5.74) is -0.305. The van der Waals surface area contributed by atoms with E-state index in [0.29, 0.717) is 19.0 Å². The summed E-state index contributed by atoms with van der Waals surface area (Å²) in [5.74, 6) is 0.0528. The van der Waals surface area contributed by atoms with Crippen LogP contribution in [0.25, 0.3) is 0 Å². The second kappa shape index (κ2) is 5.26. The third kappa shape index (κ3) is 2.83. The van der Waals surface area contributed by atoms with Crippen LogP contribution in [0.15, 0.2) is 18.2 Å². The Bertz CT molecular complexity index is 507. The highest BCUT2D eigenvalue weighted by Gasteiger charge is 2.27. The van der Waals surface area contributed by atoms with Gasteiger partial charge in [-0.15, -0.1) is 0 Å². The molecule has 1 aromatic carbocycles. The first-order valence-electron chi connectivity index (χ1n) is 6.25. The number of aromatic hydroxyl groups is 1. The number of nitro groups is 1. The molecular formula is C13H16N2O4. The molecule has 0 aliphatic carbocycles. The molecule has 1 fully saturated rings. The minimum atomic E-state index is -0.598. The third-order valence-electron chi connectivity index (χ3n) is 3.48. The van der Waals surface area contributed by atoms with Crippen molar-refractivity contribution >= 4 is 11.6 Å². The fraction of sp³-hybridized carbons (Fsp3) is 0.462. The van der Waals surface area contributed by atoms with Crippen molar-refractivity contribution in [3.63, 3.8) is 0 Å². The Labute approximate surface area is 110 Å². The van der Waals surface area contributed by atoms with E-state index in [1.54, 1.807) is 4.90 Å². The Morgan fingerprint density at radius 1 is 1.42 bits per heavy atom. The first-order chi connectivity index (χ1) is 8.99. The SMILES string of the molecule is CC1CCN(C(=O)c2cc(O)ccc2[N+](=O)[O-])CC1. The molecule has 0 bridgehead atoms. The number of phenols is 1. The summed E-state index contributed by atoms with van der Waals surface area (Å²) in [4.78, 5) is 24.2. The van der Waals surface area contributed by atoms with Gasteiger partial charge in [0.25, 0.3) is 11.6 Å². The molecule has 6 heteroatoms. The third-order valence-corrected chi connectivity index (χ3v) is 3.48. The molecule has 1 aliphatic heterocycles. The van der Waals surface area contributed by atoms with Gasteiger partial charge in [-0.25, -0.2) is 0 Å². The second-order valence-corrected chi connectivity index (χ2v) is 4.93. The summed E-state index contributed by atoms with van der Waals surface area (Å²) in [6.07, 6.45) is 1.80. The van der Waals surface area contributed by atoms with Crippen LogP contribution in [0.5, 0.6) is 5.75 Å². The van der Waals surface area contributed by atoms with Crippen molar-refractivity contribution in [3.8, 4) is 5.75 Å². The van der Waals surface area contributed by atoms with Gasteiger partial charge in [-0.05, 0) is 30.9 Å². The van der Waals surface area contributed by atoms with Crippen molar-refractivity contribution in [1.82, 2.24) is 4.90 Å². The fourth-order valence-corrected chi connectivity index (χ4v) is 2.24. The Morgan fingerprint density at radius 2 is 2.05 bits per heavy atom. The zero-order chi connectivity index (χ0) is 14.0. The van der Waals surface area contributed by atoms with Gasteiger partial charge in [0.2, 0.25) is 0 Å². The molecule has 0 atom stereocenters. The number of hydrogen-bond donors (Lipinski definition) is 1. The van der Waals surface area contributed by atoms with Crippen LogP contribution in [0.3, 0.4) is 0 Å². The first kappa shape index (κ1) is 13.3. The Balaban J connectivity index is 2.27. The normalized spacial score (nSPS) is 16.4. The van der Waals surface area contributed by atoms with E-state index < -0.39 is 4.92 Å². The van der Waals surface area contributed by atoms with Gasteiger partial charge in [0.15, 0.2) is 0 Å². The van der Waals surface area contributed by atoms with Crippen LogP contribution in [0.2, 0.25) is 0 Å². The van der Waals surface area contributed by atoms with Gasteiger partial charge in [0, 0.05) is 19.2 Å². The molecule has 2 rings (SSSR count). The molecule has 1 N–H and O–H groups in total. The van der Waals surface area contributed by atoms with E-state index in [1.165, 1.54) is 12.1 Å². The van der Waals surface area contributed by atoms with Gasteiger partial charge in [0.1, 0.15) is 11.3 Å². The van der Waals surface area contributed by atoms with Gasteiger partial charge in [-0.3, -0.25) is 14.9 Å². The number of carbonyl (C=O) groups excluding carboxylic acids is 1. The van der Waals surface area contributed by atoms with Crippen LogP contribution >= 0.6 is 0 Å². The highest BCUT2D eigenvalue weighted by Crippen LogP contribution is 2.26. The molecule has 1 saturated heterocycles. The lowest BCUT2D eigenvalue weighted by Gasteiger charge is -2.30. The van der Waals surface area contributed by atoms with Crippen LogP contribution in [0.4, 0.5) is 5.69 Å². The first-order valence-corrected chi connectivity index (χ1v) is 6.25. The van der Waals surface area contributed by atoms with Crippen LogP contribution in [-0.2, 0) is 0 Å². The van der Waals surface area contributed by atoms with Gasteiger partial charge >= 0.3 is 0 Å². The van der Waals surface area contributed by atoms with Crippen molar-refractivity contribution in [2.75, 3.05) is 13.1 Å². The number of benzene rings is 1. The van der Waals surface area contributed by atoms with Gasteiger partial charge in [-0.1, -0.05) is 6.92 Å². The molecule has 0 saturated carbocycles. The van der Waals surface area contributed by atoms with Crippen molar-refractivity contribution in [2.45, 2.75) is 19.8 Å². The van der Waals surface area contributed by atoms with Crippen LogP contribution in [0, 0.1) is 16.0 Å². The molecule has 1 aliphatic rings. The van der Waals surface area contributed by atoms with E-state index in [9.17, 15) is 20.0 Å². The highest BCUT2D eigenvalue weighted by molar-refractivity contribution is 5.98. The number of rotatable bonds is 2. The lowest BCUT2D eigenvalue weighted by Crippen LogP contribution is -2.38. The Kier molecular flexibility index (Phi) is 3.69. The number of carbonyl (C=O) groups is 1. The van der Waals surface area contributed by atoms with Crippen LogP contribution in [0.1, 0.15) is 30.1 Å². The summed E-state index contributed by atoms with van der Waals surface area (Å²) in [6, 6.07) is 3.54. The van der Waals surface area contributed by atoms with E-state index in [4.69, 9.17) is 0 Å². The molecule has 102 valence electrons. The molecule has 0 radical (unpaired) electrons. The molecule has 1 amide bonds. The summed E-state index contributed by atoms with van der Waals surface area (Å²) < 4.78 is 0. The van der Waals surface area contributed by atoms with E-state index >= 15 is 0 Å². The van der Waals surface area contributed by atoms with Crippen molar-refractivity contribution in [1.29, 1.82) is 0 Å². The number of amides is 1. The van der Waals surface area contributed by atoms with E-state index in [1.807, 2.05) is 0 Å². The summed E-state index contributed by atoms with van der Waals surface area (Å²) >= 11 is 0. The largest absolute Gasteiger partial charge is 0.508 e. The van der Waals surface area contributed by atoms with Gasteiger partial charge < -0.3 is 10.0 Å². The number of hydrogen-bond acceptors (Lipinski definition) is 4. The Morgan fingerprint density at radius 3 is 2.63 bits per heavy atom. The molecule has 6 nitrogen and oxygen atoms in total. The molecular weight excluding hydrogens is 248 g/mol. The minimum absolute atomic E-state index is 0.0421. The molecule has 0 aromatic heterocycles. The van der Waals surface area contributed by atoms with Crippen molar-refractivity contribution < 1.29 is 14.8 Å². The summed E-state index contributed by atoms with van der Waals surface area (Å²) in [6.45, 7) is 3.33. The average molecular weight is 264 g/mol. The number of phenolic OH excluding ortho intramolecular Hbond substituents is 1. The van der Waals surface area contributed by atoms with Crippen molar-refractivity contribution in [3.05, 3.63) is 33.9 Å². The zero-order valence-corrected chi connectivity index (χ0v) is 10.7. The van der Waals surface area contributed by atoms with E-state index in [-0.39, 0.29) is 22.9 Å². The average Bonchev–Trinajstić information content (AvgIpc) is 2.38. The van der Waals surface area contributed by atoms with Gasteiger partial charge in [-0.2, -0.15) is 0 Å². The maximum Gasteiger partial charge on any atom is 0.282 e. The molecule has 0 spiro atoms. The topological polar surface area (TPSA) is 83.7 Å². The predicted molar refractivity (Wildman–Crippen MR) is 69.1 cm³/mol. The smallest absolute Gasteiger partial charge is 0.282 e. The molecule has 0 unspecified atom stereocenters. The quantitative estimate of drug-likeness (QED) is 0.655. The predicted octanol–water partition coefficient (Wildman–Crippen LogP) is 2.17. The summed E-state index contributed by atoms with van der Waals surface area (Å²) in [7, 11) is 0. The number of likely N-dealkylation sites (tertiary alicyclic amines) is 1. The van der Waals surface area contributed by atoms with Gasteiger partial charge in [0.05, 0.1) is 4.92 Å². The Hall–Kier alpha value is -2.11. The fourth-order valence-electron chi connectivity index (χ4n) is 2.24. The van der Waals surface area contributed by atoms with Crippen molar-refractivity contribution in [2.24, 2.45) is 5.92 Å². The van der Waals surface area contributed by atoms with E-state index in [2.05, 4.69) is 6.92 Å².